The van der Waals surface area contributed by atoms with Crippen molar-refractivity contribution >= 4 is 11.9 Å². The predicted molar refractivity (Wildman–Crippen MR) is 97.9 cm³/mol. The van der Waals surface area contributed by atoms with Crippen LogP contribution in [-0.2, 0) is 4.79 Å². The van der Waals surface area contributed by atoms with Crippen molar-refractivity contribution in [2.24, 2.45) is 0 Å². The molecular formula is C21H25NO2. The normalized spacial score (nSPS) is 13.4. The zero-order chi connectivity index (χ0) is 17.6. The van der Waals surface area contributed by atoms with Crippen LogP contribution in [0.25, 0.3) is 6.08 Å². The Balaban J connectivity index is 2.22. The van der Waals surface area contributed by atoms with E-state index in [9.17, 15) is 10.0 Å². The summed E-state index contributed by atoms with van der Waals surface area (Å²) in [6, 6.07) is 19.3. The minimum Gasteiger partial charge on any atom is -0.313 e. The molecule has 0 bridgehead atoms. The van der Waals surface area contributed by atoms with Crippen molar-refractivity contribution in [2.75, 3.05) is 6.54 Å². The topological polar surface area (TPSA) is 40.5 Å². The second-order valence-corrected chi connectivity index (χ2v) is 6.86. The van der Waals surface area contributed by atoms with Crippen molar-refractivity contribution in [3.8, 4) is 0 Å². The number of carbonyl (C=O) groups is 1. The molecule has 0 fully saturated rings. The predicted octanol–water partition coefficient (Wildman–Crippen LogP) is 4.54. The molecule has 0 aromatic heterocycles. The molecule has 0 radical (unpaired) electrons. The van der Waals surface area contributed by atoms with Gasteiger partial charge in [-0.15, -0.1) is 0 Å². The zero-order valence-corrected chi connectivity index (χ0v) is 14.5. The fourth-order valence-corrected chi connectivity index (χ4v) is 2.35. The Labute approximate surface area is 144 Å². The fraction of sp³-hybridized carbons (Fsp3) is 0.286. The highest BCUT2D eigenvalue weighted by Gasteiger charge is 2.27. The van der Waals surface area contributed by atoms with Crippen molar-refractivity contribution in [2.45, 2.75) is 32.2 Å². The highest BCUT2D eigenvalue weighted by molar-refractivity contribution is 5.98. The fourth-order valence-electron chi connectivity index (χ4n) is 2.35. The maximum absolute atomic E-state index is 12.8. The Bertz CT molecular complexity index is 672. The first kappa shape index (κ1) is 18.1. The molecule has 0 amide bonds. The Morgan fingerprint density at radius 2 is 1.58 bits per heavy atom. The summed E-state index contributed by atoms with van der Waals surface area (Å²) in [5.41, 5.74) is 1.47. The molecule has 1 atom stereocenters. The molecule has 126 valence electrons. The first-order valence-corrected chi connectivity index (χ1v) is 8.16. The molecule has 0 spiro atoms. The van der Waals surface area contributed by atoms with Gasteiger partial charge >= 0.3 is 0 Å². The molecule has 3 nitrogen and oxygen atoms in total. The van der Waals surface area contributed by atoms with Gasteiger partial charge in [-0.1, -0.05) is 66.7 Å². The highest BCUT2D eigenvalue weighted by Crippen LogP contribution is 2.22. The van der Waals surface area contributed by atoms with Crippen LogP contribution in [0.15, 0.2) is 66.7 Å². The molecule has 0 unspecified atom stereocenters. The van der Waals surface area contributed by atoms with E-state index in [0.717, 1.165) is 11.1 Å². The number of allylic oxidation sites excluding steroid dienone is 1. The molecule has 0 aliphatic carbocycles. The van der Waals surface area contributed by atoms with Crippen molar-refractivity contribution in [3.05, 3.63) is 77.9 Å². The number of rotatable bonds is 6. The third-order valence-electron chi connectivity index (χ3n) is 3.91. The monoisotopic (exact) mass is 323 g/mol. The summed E-state index contributed by atoms with van der Waals surface area (Å²) < 4.78 is 0. The van der Waals surface area contributed by atoms with Gasteiger partial charge in [-0.3, -0.25) is 4.79 Å². The maximum atomic E-state index is 12.8. The SMILES string of the molecule is CC(C)(C)N(O)C[C@@H](C(=O)/C=C/c1ccccc1)c1ccccc1. The van der Waals surface area contributed by atoms with Gasteiger partial charge in [-0.25, -0.2) is 0 Å². The molecule has 1 N–H and O–H groups in total. The number of hydrogen-bond donors (Lipinski definition) is 1. The van der Waals surface area contributed by atoms with Crippen LogP contribution in [0.5, 0.6) is 0 Å². The Kier molecular flexibility index (Phi) is 6.07. The number of ketones is 1. The third-order valence-corrected chi connectivity index (χ3v) is 3.91. The largest absolute Gasteiger partial charge is 0.313 e. The Hall–Kier alpha value is -2.23. The van der Waals surface area contributed by atoms with Crippen molar-refractivity contribution < 1.29 is 10.0 Å². The molecule has 0 aliphatic rings. The van der Waals surface area contributed by atoms with E-state index in [-0.39, 0.29) is 12.3 Å². The standard InChI is InChI=1S/C21H25NO2/c1-21(2,3)22(24)16-19(18-12-8-5-9-13-18)20(23)15-14-17-10-6-4-7-11-17/h4-15,19,24H,16H2,1-3H3/b15-14+/t19-/m1/s1. The lowest BCUT2D eigenvalue weighted by Gasteiger charge is -2.32. The molecule has 0 saturated carbocycles. The van der Waals surface area contributed by atoms with E-state index < -0.39 is 11.5 Å². The van der Waals surface area contributed by atoms with Crippen molar-refractivity contribution in [3.63, 3.8) is 0 Å². The lowest BCUT2D eigenvalue weighted by atomic mass is 9.92. The third kappa shape index (κ3) is 5.15. The second-order valence-electron chi connectivity index (χ2n) is 6.86. The van der Waals surface area contributed by atoms with Gasteiger partial charge in [0.15, 0.2) is 5.78 Å². The van der Waals surface area contributed by atoms with Crippen LogP contribution in [0.2, 0.25) is 0 Å². The molecule has 0 heterocycles. The summed E-state index contributed by atoms with van der Waals surface area (Å²) in [5.74, 6) is -0.427. The van der Waals surface area contributed by atoms with Gasteiger partial charge in [-0.2, -0.15) is 5.06 Å². The van der Waals surface area contributed by atoms with E-state index in [1.807, 2.05) is 87.5 Å². The second kappa shape index (κ2) is 8.04. The first-order valence-electron chi connectivity index (χ1n) is 8.16. The Morgan fingerprint density at radius 1 is 1.04 bits per heavy atom. The Morgan fingerprint density at radius 3 is 2.12 bits per heavy atom. The van der Waals surface area contributed by atoms with Gasteiger partial charge in [0, 0.05) is 12.1 Å². The summed E-state index contributed by atoms with van der Waals surface area (Å²) in [6.07, 6.45) is 3.42. The number of hydroxylamine groups is 2. The molecule has 0 aliphatic heterocycles. The number of carbonyl (C=O) groups excluding carboxylic acids is 1. The quantitative estimate of drug-likeness (QED) is 0.626. The summed E-state index contributed by atoms with van der Waals surface area (Å²) in [4.78, 5) is 12.8. The van der Waals surface area contributed by atoms with Crippen LogP contribution in [-0.4, -0.2) is 28.1 Å². The van der Waals surface area contributed by atoms with Gasteiger partial charge in [0.1, 0.15) is 0 Å². The van der Waals surface area contributed by atoms with E-state index in [4.69, 9.17) is 0 Å². The summed E-state index contributed by atoms with van der Waals surface area (Å²) in [5, 5.41) is 11.5. The van der Waals surface area contributed by atoms with Gasteiger partial charge in [0.2, 0.25) is 0 Å². The van der Waals surface area contributed by atoms with Gasteiger partial charge in [-0.05, 0) is 38.0 Å². The van der Waals surface area contributed by atoms with Crippen molar-refractivity contribution in [1.29, 1.82) is 0 Å². The molecule has 3 heteroatoms. The number of nitrogens with zero attached hydrogens (tertiary/aromatic N) is 1. The summed E-state index contributed by atoms with van der Waals surface area (Å²) >= 11 is 0. The van der Waals surface area contributed by atoms with Gasteiger partial charge in [0.05, 0.1) is 5.92 Å². The highest BCUT2D eigenvalue weighted by atomic mass is 16.5. The van der Waals surface area contributed by atoms with Gasteiger partial charge in [0.25, 0.3) is 0 Å². The van der Waals surface area contributed by atoms with E-state index in [0.29, 0.717) is 0 Å². The van der Waals surface area contributed by atoms with E-state index >= 15 is 0 Å². The molecule has 2 aromatic rings. The van der Waals surface area contributed by atoms with Crippen molar-refractivity contribution in [1.82, 2.24) is 5.06 Å². The van der Waals surface area contributed by atoms with Crippen LogP contribution in [0, 0.1) is 0 Å². The van der Waals surface area contributed by atoms with E-state index in [2.05, 4.69) is 0 Å². The maximum Gasteiger partial charge on any atom is 0.164 e. The zero-order valence-electron chi connectivity index (χ0n) is 14.5. The van der Waals surface area contributed by atoms with Gasteiger partial charge < -0.3 is 5.21 Å². The van der Waals surface area contributed by atoms with Crippen LogP contribution in [0.4, 0.5) is 0 Å². The lowest BCUT2D eigenvalue weighted by Crippen LogP contribution is -2.42. The molecule has 0 saturated heterocycles. The van der Waals surface area contributed by atoms with Crippen LogP contribution in [0.1, 0.15) is 37.8 Å². The number of hydrogen-bond acceptors (Lipinski definition) is 3. The minimum atomic E-state index is -0.420. The first-order chi connectivity index (χ1) is 11.4. The van der Waals surface area contributed by atoms with Crippen LogP contribution in [0.3, 0.4) is 0 Å². The smallest absolute Gasteiger partial charge is 0.164 e. The average molecular weight is 323 g/mol. The summed E-state index contributed by atoms with van der Waals surface area (Å²) in [6.45, 7) is 6.00. The molecule has 2 aromatic carbocycles. The number of benzene rings is 2. The minimum absolute atomic E-state index is 0.0200. The summed E-state index contributed by atoms with van der Waals surface area (Å²) in [7, 11) is 0. The van der Waals surface area contributed by atoms with E-state index in [1.54, 1.807) is 6.08 Å². The van der Waals surface area contributed by atoms with E-state index in [1.165, 1.54) is 5.06 Å². The average Bonchev–Trinajstić information content (AvgIpc) is 2.58. The van der Waals surface area contributed by atoms with Crippen LogP contribution >= 0.6 is 0 Å². The lowest BCUT2D eigenvalue weighted by molar-refractivity contribution is -0.161. The molecular weight excluding hydrogens is 298 g/mol. The van der Waals surface area contributed by atoms with Crippen LogP contribution < -0.4 is 0 Å². The molecule has 2 rings (SSSR count). The molecule has 24 heavy (non-hydrogen) atoms.